The van der Waals surface area contributed by atoms with Crippen molar-refractivity contribution in [1.29, 1.82) is 0 Å². The lowest BCUT2D eigenvalue weighted by Crippen LogP contribution is -2.47. The molecule has 3 nitrogen and oxygen atoms in total. The minimum atomic E-state index is -2.53. The van der Waals surface area contributed by atoms with Gasteiger partial charge in [0.2, 0.25) is 0 Å². The normalized spacial score (nSPS) is 13.8. The van der Waals surface area contributed by atoms with E-state index in [2.05, 4.69) is 13.5 Å². The molecule has 0 aromatic carbocycles. The fourth-order valence-electron chi connectivity index (χ4n) is 1.93. The Bertz CT molecular complexity index is 173. The van der Waals surface area contributed by atoms with Crippen LogP contribution in [-0.4, -0.2) is 30.1 Å². The molecule has 0 saturated carbocycles. The Labute approximate surface area is 101 Å². The van der Waals surface area contributed by atoms with Gasteiger partial charge in [-0.05, 0) is 6.42 Å². The molecule has 0 aliphatic carbocycles. The zero-order chi connectivity index (χ0) is 12.4. The quantitative estimate of drug-likeness (QED) is 0.336. The maximum Gasteiger partial charge on any atom is 0.507 e. The first-order valence-electron chi connectivity index (χ1n) is 5.98. The first-order valence-corrected chi connectivity index (χ1v) is 7.78. The Morgan fingerprint density at radius 1 is 1.06 bits per heavy atom. The predicted octanol–water partition coefficient (Wildman–Crippen LogP) is 3.39. The van der Waals surface area contributed by atoms with Crippen molar-refractivity contribution in [3.63, 3.8) is 0 Å². The molecule has 0 aliphatic rings. The van der Waals surface area contributed by atoms with E-state index in [1.807, 2.05) is 6.08 Å². The summed E-state index contributed by atoms with van der Waals surface area (Å²) < 4.78 is 16.4. The average Bonchev–Trinajstić information content (AvgIpc) is 2.34. The third-order valence-corrected chi connectivity index (χ3v) is 6.10. The third-order valence-electron chi connectivity index (χ3n) is 2.96. The molecule has 1 unspecified atom stereocenters. The topological polar surface area (TPSA) is 27.7 Å². The Morgan fingerprint density at radius 3 is 2.00 bits per heavy atom. The molecule has 0 fully saturated rings. The Morgan fingerprint density at radius 2 is 1.62 bits per heavy atom. The van der Waals surface area contributed by atoms with E-state index in [4.69, 9.17) is 13.3 Å². The van der Waals surface area contributed by atoms with E-state index in [1.54, 1.807) is 21.3 Å². The molecule has 0 bridgehead atoms. The van der Waals surface area contributed by atoms with E-state index >= 15 is 0 Å². The molecule has 4 heteroatoms. The van der Waals surface area contributed by atoms with Gasteiger partial charge < -0.3 is 13.3 Å². The van der Waals surface area contributed by atoms with Crippen LogP contribution in [0.4, 0.5) is 0 Å². The van der Waals surface area contributed by atoms with Crippen molar-refractivity contribution in [2.75, 3.05) is 21.3 Å². The summed E-state index contributed by atoms with van der Waals surface area (Å²) in [5.41, 5.74) is 0.198. The van der Waals surface area contributed by atoms with Gasteiger partial charge in [-0.1, -0.05) is 38.7 Å². The average molecular weight is 246 g/mol. The largest absolute Gasteiger partial charge is 0.507 e. The molecule has 0 spiro atoms. The van der Waals surface area contributed by atoms with Crippen LogP contribution >= 0.6 is 0 Å². The van der Waals surface area contributed by atoms with Crippen LogP contribution in [0.5, 0.6) is 0 Å². The summed E-state index contributed by atoms with van der Waals surface area (Å²) in [6, 6.07) is 0. The van der Waals surface area contributed by atoms with Crippen molar-refractivity contribution in [2.24, 2.45) is 0 Å². The lowest BCUT2D eigenvalue weighted by atomic mass is 10.1. The summed E-state index contributed by atoms with van der Waals surface area (Å²) in [6.07, 6.45) is 7.91. The molecule has 96 valence electrons. The van der Waals surface area contributed by atoms with Crippen LogP contribution in [0.2, 0.25) is 5.54 Å². The summed E-state index contributed by atoms with van der Waals surface area (Å²) >= 11 is 0. The second-order valence-corrected chi connectivity index (χ2v) is 7.08. The minimum Gasteiger partial charge on any atom is -0.376 e. The number of allylic oxidation sites excluding steroid dienone is 1. The van der Waals surface area contributed by atoms with E-state index in [0.29, 0.717) is 0 Å². The highest BCUT2D eigenvalue weighted by Gasteiger charge is 2.45. The summed E-state index contributed by atoms with van der Waals surface area (Å²) in [5, 5.41) is 0. The van der Waals surface area contributed by atoms with Crippen molar-refractivity contribution >= 4 is 8.80 Å². The van der Waals surface area contributed by atoms with Gasteiger partial charge in [0.15, 0.2) is 0 Å². The molecule has 1 atom stereocenters. The highest BCUT2D eigenvalue weighted by Crippen LogP contribution is 2.30. The van der Waals surface area contributed by atoms with Gasteiger partial charge in [-0.2, -0.15) is 0 Å². The van der Waals surface area contributed by atoms with E-state index in [9.17, 15) is 0 Å². The van der Waals surface area contributed by atoms with Gasteiger partial charge in [0.05, 0.1) is 0 Å². The van der Waals surface area contributed by atoms with Crippen molar-refractivity contribution < 1.29 is 13.3 Å². The maximum absolute atomic E-state index is 5.47. The summed E-state index contributed by atoms with van der Waals surface area (Å²) in [6.45, 7) is 6.08. The molecule has 0 heterocycles. The standard InChI is InChI=1S/C12H26O3Si/c1-6-8-9-10-11-12(7-2)16(13-3,14-4)15-5/h7,12H,2,6,8-11H2,1,3-5H3. The van der Waals surface area contributed by atoms with Crippen LogP contribution in [0.15, 0.2) is 12.7 Å². The molecule has 0 N–H and O–H groups in total. The first-order chi connectivity index (χ1) is 7.70. The van der Waals surface area contributed by atoms with Gasteiger partial charge in [-0.15, -0.1) is 6.58 Å². The number of hydrogen-bond donors (Lipinski definition) is 0. The zero-order valence-corrected chi connectivity index (χ0v) is 12.1. The van der Waals surface area contributed by atoms with Gasteiger partial charge >= 0.3 is 8.80 Å². The molecular formula is C12H26O3Si. The third kappa shape index (κ3) is 4.37. The van der Waals surface area contributed by atoms with Crippen molar-refractivity contribution in [3.8, 4) is 0 Å². The molecule has 0 rings (SSSR count). The van der Waals surface area contributed by atoms with Gasteiger partial charge in [0.25, 0.3) is 0 Å². The van der Waals surface area contributed by atoms with Crippen LogP contribution in [0.3, 0.4) is 0 Å². The number of unbranched alkanes of at least 4 members (excludes halogenated alkanes) is 3. The molecule has 0 saturated heterocycles. The summed E-state index contributed by atoms with van der Waals surface area (Å²) in [5.74, 6) is 0. The van der Waals surface area contributed by atoms with Crippen LogP contribution in [0, 0.1) is 0 Å². The van der Waals surface area contributed by atoms with Crippen LogP contribution in [-0.2, 0) is 13.3 Å². The van der Waals surface area contributed by atoms with E-state index < -0.39 is 8.80 Å². The number of rotatable bonds is 10. The SMILES string of the molecule is C=CC(CCCCCC)[Si](OC)(OC)OC. The molecule has 0 radical (unpaired) electrons. The molecule has 16 heavy (non-hydrogen) atoms. The molecule has 0 amide bonds. The lowest BCUT2D eigenvalue weighted by molar-refractivity contribution is 0.115. The monoisotopic (exact) mass is 246 g/mol. The molecule has 0 aromatic rings. The van der Waals surface area contributed by atoms with Gasteiger partial charge in [-0.3, -0.25) is 0 Å². The van der Waals surface area contributed by atoms with Crippen molar-refractivity contribution in [3.05, 3.63) is 12.7 Å². The minimum absolute atomic E-state index is 0.198. The van der Waals surface area contributed by atoms with Crippen LogP contribution in [0.1, 0.15) is 39.0 Å². The van der Waals surface area contributed by atoms with Crippen molar-refractivity contribution in [1.82, 2.24) is 0 Å². The van der Waals surface area contributed by atoms with E-state index in [0.717, 1.165) is 6.42 Å². The fraction of sp³-hybridized carbons (Fsp3) is 0.833. The first kappa shape index (κ1) is 15.8. The van der Waals surface area contributed by atoms with Crippen LogP contribution < -0.4 is 0 Å². The second-order valence-electron chi connectivity index (χ2n) is 3.91. The van der Waals surface area contributed by atoms with Crippen LogP contribution in [0.25, 0.3) is 0 Å². The van der Waals surface area contributed by atoms with Crippen molar-refractivity contribution in [2.45, 2.75) is 44.6 Å². The Balaban J connectivity index is 4.27. The maximum atomic E-state index is 5.47. The summed E-state index contributed by atoms with van der Waals surface area (Å²) in [4.78, 5) is 0. The highest BCUT2D eigenvalue weighted by atomic mass is 28.4. The van der Waals surface area contributed by atoms with Gasteiger partial charge in [0, 0.05) is 26.9 Å². The second kappa shape index (κ2) is 8.93. The highest BCUT2D eigenvalue weighted by molar-refractivity contribution is 6.62. The van der Waals surface area contributed by atoms with E-state index in [-0.39, 0.29) is 5.54 Å². The summed E-state index contributed by atoms with van der Waals surface area (Å²) in [7, 11) is 2.44. The lowest BCUT2D eigenvalue weighted by Gasteiger charge is -2.30. The smallest absolute Gasteiger partial charge is 0.376 e. The fourth-order valence-corrected chi connectivity index (χ4v) is 4.19. The molecule has 0 aliphatic heterocycles. The Hall–Kier alpha value is -0.163. The zero-order valence-electron chi connectivity index (χ0n) is 11.1. The predicted molar refractivity (Wildman–Crippen MR) is 69.5 cm³/mol. The van der Waals surface area contributed by atoms with E-state index in [1.165, 1.54) is 25.7 Å². The Kier molecular flexibility index (Phi) is 8.84. The van der Waals surface area contributed by atoms with Gasteiger partial charge in [0.1, 0.15) is 0 Å². The van der Waals surface area contributed by atoms with Gasteiger partial charge in [-0.25, -0.2) is 0 Å². The number of hydrogen-bond acceptors (Lipinski definition) is 3. The molecule has 0 aromatic heterocycles. The molecular weight excluding hydrogens is 220 g/mol.